The summed E-state index contributed by atoms with van der Waals surface area (Å²) < 4.78 is 49.1. The molecule has 0 unspecified atom stereocenters. The van der Waals surface area contributed by atoms with E-state index in [1.807, 2.05) is 0 Å². The van der Waals surface area contributed by atoms with Crippen LogP contribution in [0, 0.1) is 0 Å². The highest BCUT2D eigenvalue weighted by Crippen LogP contribution is 2.38. The van der Waals surface area contributed by atoms with Gasteiger partial charge in [-0.3, -0.25) is 0 Å². The Morgan fingerprint density at radius 2 is 1.46 bits per heavy atom. The summed E-state index contributed by atoms with van der Waals surface area (Å²) >= 11 is 3.29. The molecule has 0 radical (unpaired) electrons. The lowest BCUT2D eigenvalue weighted by Crippen LogP contribution is -2.23. The molecule has 0 aliphatic rings. The van der Waals surface area contributed by atoms with Crippen LogP contribution >= 0.6 is 15.9 Å². The first-order valence-corrected chi connectivity index (χ1v) is 9.76. The average Bonchev–Trinajstić information content (AvgIpc) is 2.65. The normalized spacial score (nSPS) is 11.1. The molecule has 0 amide bonds. The smallest absolute Gasteiger partial charge is 0.240 e. The van der Waals surface area contributed by atoms with Crippen LogP contribution in [0.25, 0.3) is 0 Å². The van der Waals surface area contributed by atoms with Crippen molar-refractivity contribution in [1.82, 2.24) is 4.72 Å². The van der Waals surface area contributed by atoms with Gasteiger partial charge in [0.2, 0.25) is 15.8 Å². The van der Waals surface area contributed by atoms with E-state index in [-0.39, 0.29) is 11.4 Å². The maximum atomic E-state index is 12.5. The number of methoxy groups -OCH3 is 4. The van der Waals surface area contributed by atoms with Gasteiger partial charge in [-0.15, -0.1) is 0 Å². The quantitative estimate of drug-likeness (QED) is 0.672. The molecule has 142 valence electrons. The number of sulfonamides is 1. The maximum Gasteiger partial charge on any atom is 0.240 e. The Morgan fingerprint density at radius 1 is 0.885 bits per heavy atom. The summed E-state index contributed by atoms with van der Waals surface area (Å²) in [5.41, 5.74) is 0.663. The molecule has 7 nitrogen and oxygen atoms in total. The molecule has 0 atom stereocenters. The van der Waals surface area contributed by atoms with Gasteiger partial charge in [-0.25, -0.2) is 13.1 Å². The van der Waals surface area contributed by atoms with Gasteiger partial charge in [0.25, 0.3) is 0 Å². The van der Waals surface area contributed by atoms with Crippen LogP contribution in [0.2, 0.25) is 0 Å². The van der Waals surface area contributed by atoms with Gasteiger partial charge in [0.1, 0.15) is 5.75 Å². The molecule has 0 bridgehead atoms. The number of hydrogen-bond donors (Lipinski definition) is 1. The van der Waals surface area contributed by atoms with Crippen LogP contribution < -0.4 is 23.7 Å². The molecule has 0 aliphatic carbocycles. The Labute approximate surface area is 161 Å². The second-order valence-electron chi connectivity index (χ2n) is 5.15. The Hall–Kier alpha value is -1.97. The predicted molar refractivity (Wildman–Crippen MR) is 101 cm³/mol. The highest BCUT2D eigenvalue weighted by molar-refractivity contribution is 9.10. The third kappa shape index (κ3) is 4.40. The fourth-order valence-corrected chi connectivity index (χ4v) is 4.05. The van der Waals surface area contributed by atoms with E-state index < -0.39 is 10.0 Å². The summed E-state index contributed by atoms with van der Waals surface area (Å²) in [6.07, 6.45) is 0. The number of ether oxygens (including phenoxy) is 4. The standard InChI is InChI=1S/C17H20BrNO6S/c1-22-14-6-5-12(9-13(14)18)26(20,21)19-10-11-7-15(23-2)17(25-4)16(8-11)24-3/h5-9,19H,10H2,1-4H3. The Kier molecular flexibility index (Phi) is 6.74. The van der Waals surface area contributed by atoms with E-state index in [9.17, 15) is 8.42 Å². The zero-order valence-electron chi connectivity index (χ0n) is 14.8. The van der Waals surface area contributed by atoms with Crippen molar-refractivity contribution in [2.75, 3.05) is 28.4 Å². The van der Waals surface area contributed by atoms with Crippen molar-refractivity contribution in [3.63, 3.8) is 0 Å². The monoisotopic (exact) mass is 445 g/mol. The minimum atomic E-state index is -3.71. The first-order valence-electron chi connectivity index (χ1n) is 7.48. The molecule has 2 aromatic carbocycles. The summed E-state index contributed by atoms with van der Waals surface area (Å²) in [4.78, 5) is 0.123. The SMILES string of the molecule is COc1ccc(S(=O)(=O)NCc2cc(OC)c(OC)c(OC)c2)cc1Br. The molecule has 2 aromatic rings. The van der Waals surface area contributed by atoms with Gasteiger partial charge in [0.15, 0.2) is 11.5 Å². The van der Waals surface area contributed by atoms with E-state index in [0.29, 0.717) is 33.0 Å². The summed E-state index contributed by atoms with van der Waals surface area (Å²) in [6.45, 7) is 0.0582. The summed E-state index contributed by atoms with van der Waals surface area (Å²) in [7, 11) is 2.31. The Bertz CT molecular complexity index is 860. The summed E-state index contributed by atoms with van der Waals surface area (Å²) in [6, 6.07) is 7.91. The van der Waals surface area contributed by atoms with Gasteiger partial charge in [0.05, 0.1) is 37.8 Å². The first-order chi connectivity index (χ1) is 12.4. The lowest BCUT2D eigenvalue weighted by Gasteiger charge is -2.14. The highest BCUT2D eigenvalue weighted by Gasteiger charge is 2.18. The van der Waals surface area contributed by atoms with Gasteiger partial charge in [-0.05, 0) is 51.8 Å². The van der Waals surface area contributed by atoms with Crippen LogP contribution in [-0.4, -0.2) is 36.9 Å². The number of halogens is 1. The zero-order chi connectivity index (χ0) is 19.3. The molecule has 0 saturated carbocycles. The van der Waals surface area contributed by atoms with Crippen molar-refractivity contribution >= 4 is 26.0 Å². The molecule has 0 heterocycles. The molecule has 0 spiro atoms. The topological polar surface area (TPSA) is 83.1 Å². The van der Waals surface area contributed by atoms with Crippen LogP contribution in [-0.2, 0) is 16.6 Å². The Balaban J connectivity index is 2.25. The molecule has 0 aromatic heterocycles. The van der Waals surface area contributed by atoms with E-state index >= 15 is 0 Å². The number of rotatable bonds is 8. The van der Waals surface area contributed by atoms with Crippen LogP contribution in [0.1, 0.15) is 5.56 Å². The van der Waals surface area contributed by atoms with Crippen molar-refractivity contribution < 1.29 is 27.4 Å². The van der Waals surface area contributed by atoms with E-state index in [0.717, 1.165) is 0 Å². The largest absolute Gasteiger partial charge is 0.496 e. The van der Waals surface area contributed by atoms with Gasteiger partial charge >= 0.3 is 0 Å². The molecule has 0 fully saturated rings. The molecular formula is C17H20BrNO6S. The lowest BCUT2D eigenvalue weighted by atomic mass is 10.2. The van der Waals surface area contributed by atoms with Crippen LogP contribution in [0.5, 0.6) is 23.0 Å². The molecule has 0 saturated heterocycles. The predicted octanol–water partition coefficient (Wildman–Crippen LogP) is 2.96. The molecule has 9 heteroatoms. The zero-order valence-corrected chi connectivity index (χ0v) is 17.2. The van der Waals surface area contributed by atoms with Crippen molar-refractivity contribution in [1.29, 1.82) is 0 Å². The number of hydrogen-bond acceptors (Lipinski definition) is 6. The van der Waals surface area contributed by atoms with E-state index in [1.54, 1.807) is 18.2 Å². The van der Waals surface area contributed by atoms with Gasteiger partial charge in [-0.2, -0.15) is 0 Å². The maximum absolute atomic E-state index is 12.5. The second kappa shape index (κ2) is 8.61. The third-order valence-electron chi connectivity index (χ3n) is 3.62. The third-order valence-corrected chi connectivity index (χ3v) is 5.64. The highest BCUT2D eigenvalue weighted by atomic mass is 79.9. The van der Waals surface area contributed by atoms with Crippen molar-refractivity contribution in [3.05, 3.63) is 40.4 Å². The fourth-order valence-electron chi connectivity index (χ4n) is 2.31. The van der Waals surface area contributed by atoms with Crippen LogP contribution in [0.3, 0.4) is 0 Å². The number of benzene rings is 2. The van der Waals surface area contributed by atoms with Crippen molar-refractivity contribution in [3.8, 4) is 23.0 Å². The van der Waals surface area contributed by atoms with Gasteiger partial charge in [0, 0.05) is 6.54 Å². The second-order valence-corrected chi connectivity index (χ2v) is 7.78. The molecule has 2 rings (SSSR count). The first kappa shape index (κ1) is 20.3. The van der Waals surface area contributed by atoms with Crippen LogP contribution in [0.15, 0.2) is 39.7 Å². The van der Waals surface area contributed by atoms with Gasteiger partial charge < -0.3 is 18.9 Å². The molecular weight excluding hydrogens is 426 g/mol. The number of nitrogens with one attached hydrogen (secondary N) is 1. The minimum absolute atomic E-state index is 0.0582. The molecule has 26 heavy (non-hydrogen) atoms. The molecule has 1 N–H and O–H groups in total. The lowest BCUT2D eigenvalue weighted by molar-refractivity contribution is 0.323. The average molecular weight is 446 g/mol. The van der Waals surface area contributed by atoms with E-state index in [2.05, 4.69) is 20.7 Å². The summed E-state index contributed by atoms with van der Waals surface area (Å²) in [5.74, 6) is 1.90. The summed E-state index contributed by atoms with van der Waals surface area (Å²) in [5, 5.41) is 0. The molecule has 0 aliphatic heterocycles. The fraction of sp³-hybridized carbons (Fsp3) is 0.294. The van der Waals surface area contributed by atoms with E-state index in [1.165, 1.54) is 40.6 Å². The van der Waals surface area contributed by atoms with Gasteiger partial charge in [-0.1, -0.05) is 0 Å². The van der Waals surface area contributed by atoms with Crippen LogP contribution in [0.4, 0.5) is 0 Å². The van der Waals surface area contributed by atoms with E-state index in [4.69, 9.17) is 18.9 Å². The minimum Gasteiger partial charge on any atom is -0.496 e. The van der Waals surface area contributed by atoms with Crippen molar-refractivity contribution in [2.45, 2.75) is 11.4 Å². The Morgan fingerprint density at radius 3 is 1.92 bits per heavy atom. The van der Waals surface area contributed by atoms with Crippen molar-refractivity contribution in [2.24, 2.45) is 0 Å².